The van der Waals surface area contributed by atoms with Crippen molar-refractivity contribution in [2.24, 2.45) is 0 Å². The summed E-state index contributed by atoms with van der Waals surface area (Å²) in [6, 6.07) is 60.8. The highest BCUT2D eigenvalue weighted by Gasteiger charge is 2.25. The summed E-state index contributed by atoms with van der Waals surface area (Å²) >= 11 is 0. The molecule has 0 fully saturated rings. The van der Waals surface area contributed by atoms with Crippen LogP contribution in [0.2, 0.25) is 0 Å². The van der Waals surface area contributed by atoms with Crippen LogP contribution in [0.25, 0.3) is 33.6 Å². The van der Waals surface area contributed by atoms with Gasteiger partial charge in [-0.25, -0.2) is 0 Å². The van der Waals surface area contributed by atoms with Gasteiger partial charge in [-0.15, -0.1) is 13.2 Å². The van der Waals surface area contributed by atoms with Crippen molar-refractivity contribution in [3.63, 3.8) is 0 Å². The van der Waals surface area contributed by atoms with Crippen molar-refractivity contribution in [3.05, 3.63) is 230 Å². The molecule has 0 radical (unpaired) electrons. The fourth-order valence-electron chi connectivity index (χ4n) is 7.98. The molecule has 0 unspecified atom stereocenters. The minimum absolute atomic E-state index is 0.931. The Morgan fingerprint density at radius 1 is 0.397 bits per heavy atom. The molecule has 0 spiro atoms. The summed E-state index contributed by atoms with van der Waals surface area (Å²) in [5.74, 6) is 0. The third-order valence-corrected chi connectivity index (χ3v) is 10.4. The van der Waals surface area contributed by atoms with Crippen LogP contribution in [0.4, 0.5) is 34.1 Å². The maximum Gasteiger partial charge on any atom is 0.0781 e. The first kappa shape index (κ1) is 37.6. The molecule has 6 aromatic carbocycles. The molecular formula is C54H46N4. The van der Waals surface area contributed by atoms with E-state index in [1.807, 2.05) is 38.4 Å². The summed E-state index contributed by atoms with van der Waals surface area (Å²) in [7, 11) is 0. The van der Waals surface area contributed by atoms with E-state index in [2.05, 4.69) is 181 Å². The molecule has 4 heterocycles. The van der Waals surface area contributed by atoms with Crippen molar-refractivity contribution in [2.45, 2.75) is 26.7 Å². The lowest BCUT2D eigenvalue weighted by Crippen LogP contribution is -2.18. The number of anilines is 6. The number of aromatic nitrogens is 2. The van der Waals surface area contributed by atoms with Crippen LogP contribution in [0.1, 0.15) is 36.1 Å². The Morgan fingerprint density at radius 2 is 0.690 bits per heavy atom. The number of para-hydroxylation sites is 4. The van der Waals surface area contributed by atoms with Gasteiger partial charge in [-0.3, -0.25) is 9.97 Å². The third kappa shape index (κ3) is 7.36. The summed E-state index contributed by atoms with van der Waals surface area (Å²) in [6.45, 7) is 10.5. The van der Waals surface area contributed by atoms with E-state index in [4.69, 9.17) is 9.97 Å². The number of hydrogen-bond acceptors (Lipinski definition) is 4. The maximum absolute atomic E-state index is 4.94. The first-order valence-electron chi connectivity index (χ1n) is 19.8. The Kier molecular flexibility index (Phi) is 11.2. The average Bonchev–Trinajstić information content (AvgIpc) is 3.28. The summed E-state index contributed by atoms with van der Waals surface area (Å²) in [6.07, 6.45) is 9.13. The summed E-state index contributed by atoms with van der Waals surface area (Å²) < 4.78 is 0. The van der Waals surface area contributed by atoms with Gasteiger partial charge in [-0.2, -0.15) is 0 Å². The van der Waals surface area contributed by atoms with Gasteiger partial charge in [0, 0.05) is 81.6 Å². The molecule has 0 bridgehead atoms. The molecule has 4 heteroatoms. The van der Waals surface area contributed by atoms with Gasteiger partial charge >= 0.3 is 0 Å². The SMILES string of the molecule is C=CC.C=CC.c1ccc2c(c1)Cc1ccccc1N2c1ccc(-c2ncccc2-c2cccnc2-c2ccc(N3c4ccccc4Cc4ccccc43)cc2)cc1. The number of allylic oxidation sites excluding steroid dienone is 2. The fraction of sp³-hybridized carbons (Fsp3) is 0.0741. The van der Waals surface area contributed by atoms with Crippen LogP contribution in [0.15, 0.2) is 208 Å². The molecule has 4 nitrogen and oxygen atoms in total. The molecule has 0 aliphatic carbocycles. The van der Waals surface area contributed by atoms with Crippen LogP contribution in [-0.2, 0) is 12.8 Å². The number of rotatable bonds is 5. The number of fused-ring (bicyclic) bond motifs is 4. The second-order valence-electron chi connectivity index (χ2n) is 14.2. The highest BCUT2D eigenvalue weighted by atomic mass is 15.2. The normalized spacial score (nSPS) is 11.9. The summed E-state index contributed by atoms with van der Waals surface area (Å²) in [4.78, 5) is 14.6. The summed E-state index contributed by atoms with van der Waals surface area (Å²) in [5.41, 5.74) is 18.6. The van der Waals surface area contributed by atoms with Gasteiger partial charge in [0.1, 0.15) is 0 Å². The highest BCUT2D eigenvalue weighted by molar-refractivity contribution is 5.91. The second kappa shape index (κ2) is 17.2. The minimum atomic E-state index is 0.931. The first-order valence-corrected chi connectivity index (χ1v) is 19.8. The number of nitrogens with zero attached hydrogens (tertiary/aromatic N) is 4. The van der Waals surface area contributed by atoms with Gasteiger partial charge in [0.05, 0.1) is 11.4 Å². The van der Waals surface area contributed by atoms with Gasteiger partial charge in [0.2, 0.25) is 0 Å². The average molecular weight is 751 g/mol. The van der Waals surface area contributed by atoms with E-state index in [1.54, 1.807) is 12.2 Å². The molecular weight excluding hydrogens is 705 g/mol. The molecule has 2 aliphatic rings. The molecule has 0 saturated heterocycles. The van der Waals surface area contributed by atoms with Crippen molar-refractivity contribution in [1.82, 2.24) is 9.97 Å². The molecule has 8 aromatic rings. The van der Waals surface area contributed by atoms with Crippen LogP contribution in [-0.4, -0.2) is 9.97 Å². The van der Waals surface area contributed by atoms with Gasteiger partial charge in [-0.05, 0) is 96.8 Å². The molecule has 0 N–H and O–H groups in total. The molecule has 0 amide bonds. The molecule has 282 valence electrons. The van der Waals surface area contributed by atoms with E-state index in [-0.39, 0.29) is 0 Å². The Balaban J connectivity index is 0.000000740. The number of pyridine rings is 2. The standard InChI is InChI=1S/C48H34N4.2C3H6/c1-5-17-43-35(11-1)31-36-12-2-6-18-44(36)51(43)39-25-21-33(22-26-39)47-41(15-9-29-49-47)42-16-10-30-50-48(42)34-23-27-40(28-24-34)52-45-19-7-3-13-37(45)32-38-14-4-8-20-46(38)52;2*1-3-2/h1-30H,31-32H2;2*3H,1H2,2H3. The minimum Gasteiger partial charge on any atom is -0.310 e. The van der Waals surface area contributed by atoms with Crippen LogP contribution >= 0.6 is 0 Å². The van der Waals surface area contributed by atoms with E-state index in [0.717, 1.165) is 57.9 Å². The number of benzene rings is 6. The molecule has 2 aliphatic heterocycles. The maximum atomic E-state index is 4.94. The Labute approximate surface area is 342 Å². The molecule has 0 saturated carbocycles. The van der Waals surface area contributed by atoms with Gasteiger partial charge < -0.3 is 9.80 Å². The zero-order valence-corrected chi connectivity index (χ0v) is 33.1. The fourth-order valence-corrected chi connectivity index (χ4v) is 7.98. The van der Waals surface area contributed by atoms with Crippen molar-refractivity contribution in [1.29, 1.82) is 0 Å². The van der Waals surface area contributed by atoms with E-state index in [1.165, 1.54) is 45.0 Å². The zero-order valence-electron chi connectivity index (χ0n) is 33.1. The van der Waals surface area contributed by atoms with E-state index < -0.39 is 0 Å². The quantitative estimate of drug-likeness (QED) is 0.164. The monoisotopic (exact) mass is 750 g/mol. The predicted octanol–water partition coefficient (Wildman–Crippen LogP) is 14.6. The van der Waals surface area contributed by atoms with Gasteiger partial charge in [0.25, 0.3) is 0 Å². The highest BCUT2D eigenvalue weighted by Crippen LogP contribution is 2.46. The lowest BCUT2D eigenvalue weighted by atomic mass is 9.93. The summed E-state index contributed by atoms with van der Waals surface area (Å²) in [5, 5.41) is 0. The second-order valence-corrected chi connectivity index (χ2v) is 14.2. The van der Waals surface area contributed by atoms with E-state index in [0.29, 0.717) is 0 Å². The van der Waals surface area contributed by atoms with Crippen LogP contribution < -0.4 is 9.80 Å². The smallest absolute Gasteiger partial charge is 0.0781 e. The Morgan fingerprint density at radius 3 is 1.00 bits per heavy atom. The molecule has 10 rings (SSSR count). The first-order chi connectivity index (χ1) is 28.6. The molecule has 58 heavy (non-hydrogen) atoms. The predicted molar refractivity (Wildman–Crippen MR) is 245 cm³/mol. The molecule has 0 atom stereocenters. The van der Waals surface area contributed by atoms with E-state index >= 15 is 0 Å². The zero-order chi connectivity index (χ0) is 39.8. The van der Waals surface area contributed by atoms with Crippen molar-refractivity contribution in [2.75, 3.05) is 9.80 Å². The van der Waals surface area contributed by atoms with Crippen LogP contribution in [0.5, 0.6) is 0 Å². The van der Waals surface area contributed by atoms with Crippen LogP contribution in [0, 0.1) is 0 Å². The largest absolute Gasteiger partial charge is 0.310 e. The van der Waals surface area contributed by atoms with Crippen molar-refractivity contribution >= 4 is 34.1 Å². The lowest BCUT2D eigenvalue weighted by molar-refractivity contribution is 1.09. The number of hydrogen-bond donors (Lipinski definition) is 0. The lowest BCUT2D eigenvalue weighted by Gasteiger charge is -2.33. The molecule has 2 aromatic heterocycles. The Hall–Kier alpha value is -7.30. The third-order valence-electron chi connectivity index (χ3n) is 10.4. The van der Waals surface area contributed by atoms with Crippen molar-refractivity contribution in [3.8, 4) is 33.6 Å². The van der Waals surface area contributed by atoms with Gasteiger partial charge in [-0.1, -0.05) is 121 Å². The van der Waals surface area contributed by atoms with Crippen molar-refractivity contribution < 1.29 is 0 Å². The topological polar surface area (TPSA) is 32.3 Å². The Bertz CT molecular complexity index is 2420. The van der Waals surface area contributed by atoms with E-state index in [9.17, 15) is 0 Å². The van der Waals surface area contributed by atoms with Gasteiger partial charge in [0.15, 0.2) is 0 Å². The van der Waals surface area contributed by atoms with Crippen LogP contribution in [0.3, 0.4) is 0 Å².